The van der Waals surface area contributed by atoms with Crippen LogP contribution in [0.25, 0.3) is 6.08 Å². The van der Waals surface area contributed by atoms with Crippen LogP contribution in [0.1, 0.15) is 50.6 Å². The van der Waals surface area contributed by atoms with Crippen molar-refractivity contribution >= 4 is 18.0 Å². The summed E-state index contributed by atoms with van der Waals surface area (Å²) in [7, 11) is 0. The summed E-state index contributed by atoms with van der Waals surface area (Å²) in [6.07, 6.45) is 2.37. The van der Waals surface area contributed by atoms with Crippen LogP contribution in [0.3, 0.4) is 0 Å². The molecule has 1 unspecified atom stereocenters. The summed E-state index contributed by atoms with van der Waals surface area (Å²) < 4.78 is 7.26. The number of nitriles is 1. The van der Waals surface area contributed by atoms with Crippen molar-refractivity contribution in [1.82, 2.24) is 9.88 Å². The number of aromatic nitrogens is 1. The summed E-state index contributed by atoms with van der Waals surface area (Å²) in [6, 6.07) is 3.81. The van der Waals surface area contributed by atoms with Crippen molar-refractivity contribution in [2.75, 3.05) is 6.54 Å². The Hall–Kier alpha value is -2.55. The lowest BCUT2D eigenvalue weighted by Crippen LogP contribution is -2.36. The van der Waals surface area contributed by atoms with Gasteiger partial charge in [-0.25, -0.2) is 4.79 Å². The van der Waals surface area contributed by atoms with Crippen LogP contribution >= 0.6 is 0 Å². The van der Waals surface area contributed by atoms with Crippen LogP contribution < -0.4 is 5.32 Å². The van der Waals surface area contributed by atoms with Gasteiger partial charge in [-0.3, -0.25) is 4.79 Å². The molecule has 0 aliphatic rings. The van der Waals surface area contributed by atoms with Gasteiger partial charge in [0.15, 0.2) is 6.10 Å². The van der Waals surface area contributed by atoms with Crippen molar-refractivity contribution in [2.45, 2.75) is 60.1 Å². The number of aryl methyl sites for hydroxylation is 1. The molecule has 0 aromatic carbocycles. The first-order valence-electron chi connectivity index (χ1n) is 8.62. The third-order valence-electron chi connectivity index (χ3n) is 3.90. The molecule has 0 aliphatic carbocycles. The van der Waals surface area contributed by atoms with Crippen LogP contribution in [0.15, 0.2) is 11.6 Å². The Morgan fingerprint density at radius 3 is 2.60 bits per heavy atom. The zero-order valence-electron chi connectivity index (χ0n) is 15.7. The van der Waals surface area contributed by atoms with Gasteiger partial charge < -0.3 is 14.6 Å². The molecule has 1 amide bonds. The number of hydrogen-bond donors (Lipinski definition) is 1. The van der Waals surface area contributed by atoms with Gasteiger partial charge in [-0.2, -0.15) is 5.26 Å². The minimum atomic E-state index is -0.941. The Balaban J connectivity index is 2.93. The molecule has 0 radical (unpaired) electrons. The van der Waals surface area contributed by atoms with Gasteiger partial charge in [-0.15, -0.1) is 0 Å². The fraction of sp³-hybridized carbons (Fsp3) is 0.526. The Bertz CT molecular complexity index is 696. The zero-order valence-corrected chi connectivity index (χ0v) is 15.7. The van der Waals surface area contributed by atoms with Crippen LogP contribution in [0.4, 0.5) is 0 Å². The lowest BCUT2D eigenvalue weighted by molar-refractivity contribution is -0.150. The zero-order chi connectivity index (χ0) is 19.0. The monoisotopic (exact) mass is 345 g/mol. The third kappa shape index (κ3) is 5.49. The van der Waals surface area contributed by atoms with Gasteiger partial charge in [0.05, 0.1) is 0 Å². The Morgan fingerprint density at radius 2 is 2.04 bits per heavy atom. The molecule has 0 bridgehead atoms. The molecule has 1 aromatic heterocycles. The maximum absolute atomic E-state index is 12.2. The van der Waals surface area contributed by atoms with Gasteiger partial charge in [-0.1, -0.05) is 13.8 Å². The van der Waals surface area contributed by atoms with Crippen molar-refractivity contribution in [3.8, 4) is 6.07 Å². The van der Waals surface area contributed by atoms with Crippen LogP contribution in [0, 0.1) is 25.2 Å². The summed E-state index contributed by atoms with van der Waals surface area (Å²) >= 11 is 0. The van der Waals surface area contributed by atoms with E-state index in [1.165, 1.54) is 13.0 Å². The Kier molecular flexibility index (Phi) is 7.93. The maximum Gasteiger partial charge on any atom is 0.349 e. The Morgan fingerprint density at radius 1 is 1.36 bits per heavy atom. The molecule has 0 fully saturated rings. The molecule has 0 aliphatic heterocycles. The summed E-state index contributed by atoms with van der Waals surface area (Å²) in [5.41, 5.74) is 2.76. The minimum absolute atomic E-state index is 0.119. The summed E-state index contributed by atoms with van der Waals surface area (Å²) in [5, 5.41) is 12.0. The molecular weight excluding hydrogens is 318 g/mol. The number of nitrogens with zero attached hydrogens (tertiary/aromatic N) is 2. The van der Waals surface area contributed by atoms with E-state index >= 15 is 0 Å². The van der Waals surface area contributed by atoms with E-state index in [0.29, 0.717) is 6.54 Å². The molecule has 136 valence electrons. The van der Waals surface area contributed by atoms with Gasteiger partial charge in [0.25, 0.3) is 5.91 Å². The standard InChI is InChI=1S/C19H27N3O3/c1-6-8-21-18(23)15(5)25-19(24)17(12-20)11-16-10-13(3)22(9-7-2)14(16)4/h10-11,15H,6-9H2,1-5H3,(H,21,23)/b17-11+. The van der Waals surface area contributed by atoms with Crippen LogP contribution in [0.2, 0.25) is 0 Å². The normalized spacial score (nSPS) is 12.4. The van der Waals surface area contributed by atoms with Gasteiger partial charge in [-0.05, 0) is 51.3 Å². The number of rotatable bonds is 8. The van der Waals surface area contributed by atoms with E-state index in [-0.39, 0.29) is 11.5 Å². The second-order valence-electron chi connectivity index (χ2n) is 5.99. The predicted octanol–water partition coefficient (Wildman–Crippen LogP) is 2.88. The quantitative estimate of drug-likeness (QED) is 0.446. The van der Waals surface area contributed by atoms with Crippen molar-refractivity contribution in [3.05, 3.63) is 28.6 Å². The van der Waals surface area contributed by atoms with Crippen LogP contribution in [-0.4, -0.2) is 29.1 Å². The highest BCUT2D eigenvalue weighted by Gasteiger charge is 2.20. The Labute approximate surface area is 149 Å². The van der Waals surface area contributed by atoms with E-state index in [4.69, 9.17) is 4.74 Å². The predicted molar refractivity (Wildman–Crippen MR) is 96.6 cm³/mol. The molecule has 1 rings (SSSR count). The highest BCUT2D eigenvalue weighted by molar-refractivity contribution is 5.99. The average Bonchev–Trinajstić information content (AvgIpc) is 2.84. The number of esters is 1. The fourth-order valence-electron chi connectivity index (χ4n) is 2.50. The summed E-state index contributed by atoms with van der Waals surface area (Å²) in [5.74, 6) is -1.16. The topological polar surface area (TPSA) is 84.1 Å². The molecule has 0 saturated carbocycles. The molecule has 25 heavy (non-hydrogen) atoms. The van der Waals surface area contributed by atoms with Crippen molar-refractivity contribution in [3.63, 3.8) is 0 Å². The molecule has 1 atom stereocenters. The SMILES string of the molecule is CCCNC(=O)C(C)OC(=O)/C(C#N)=C/c1cc(C)n(CCC)c1C. The highest BCUT2D eigenvalue weighted by Crippen LogP contribution is 2.19. The molecule has 1 aromatic rings. The molecule has 0 saturated heterocycles. The number of carbonyl (C=O) groups excluding carboxylic acids is 2. The lowest BCUT2D eigenvalue weighted by atomic mass is 10.1. The average molecular weight is 345 g/mol. The third-order valence-corrected chi connectivity index (χ3v) is 3.90. The second-order valence-corrected chi connectivity index (χ2v) is 5.99. The van der Waals surface area contributed by atoms with E-state index in [1.54, 1.807) is 0 Å². The minimum Gasteiger partial charge on any atom is -0.448 e. The molecule has 0 spiro atoms. The highest BCUT2D eigenvalue weighted by atomic mass is 16.5. The number of nitrogens with one attached hydrogen (secondary N) is 1. The first-order chi connectivity index (χ1) is 11.8. The smallest absolute Gasteiger partial charge is 0.349 e. The molecule has 6 heteroatoms. The lowest BCUT2D eigenvalue weighted by Gasteiger charge is -2.12. The second kappa shape index (κ2) is 9.67. The van der Waals surface area contributed by atoms with Crippen LogP contribution in [-0.2, 0) is 20.9 Å². The van der Waals surface area contributed by atoms with Crippen molar-refractivity contribution in [2.24, 2.45) is 0 Å². The van der Waals surface area contributed by atoms with Gasteiger partial charge in [0.1, 0.15) is 11.6 Å². The van der Waals surface area contributed by atoms with E-state index in [2.05, 4.69) is 16.8 Å². The van der Waals surface area contributed by atoms with E-state index in [9.17, 15) is 14.9 Å². The van der Waals surface area contributed by atoms with Gasteiger partial charge >= 0.3 is 5.97 Å². The number of amides is 1. The van der Waals surface area contributed by atoms with Crippen molar-refractivity contribution in [1.29, 1.82) is 5.26 Å². The van der Waals surface area contributed by atoms with E-state index in [0.717, 1.165) is 36.3 Å². The first-order valence-corrected chi connectivity index (χ1v) is 8.62. The van der Waals surface area contributed by atoms with Gasteiger partial charge in [0.2, 0.25) is 0 Å². The summed E-state index contributed by atoms with van der Waals surface area (Å²) in [6.45, 7) is 10.9. The fourth-order valence-corrected chi connectivity index (χ4v) is 2.50. The van der Waals surface area contributed by atoms with E-state index in [1.807, 2.05) is 32.9 Å². The van der Waals surface area contributed by atoms with E-state index < -0.39 is 12.1 Å². The number of carbonyl (C=O) groups is 2. The number of hydrogen-bond acceptors (Lipinski definition) is 4. The summed E-state index contributed by atoms with van der Waals surface area (Å²) in [4.78, 5) is 24.0. The molecular formula is C19H27N3O3. The largest absolute Gasteiger partial charge is 0.448 e. The first kappa shape index (κ1) is 20.5. The molecule has 1 N–H and O–H groups in total. The van der Waals surface area contributed by atoms with Gasteiger partial charge in [0, 0.05) is 24.5 Å². The van der Waals surface area contributed by atoms with Crippen molar-refractivity contribution < 1.29 is 14.3 Å². The maximum atomic E-state index is 12.2. The number of ether oxygens (including phenoxy) is 1. The molecule has 6 nitrogen and oxygen atoms in total. The van der Waals surface area contributed by atoms with Crippen LogP contribution in [0.5, 0.6) is 0 Å². The molecule has 1 heterocycles.